The highest BCUT2D eigenvalue weighted by Gasteiger charge is 2.43. The molecule has 2 N–H and O–H groups in total. The topological polar surface area (TPSA) is 66.4 Å². The van der Waals surface area contributed by atoms with Crippen molar-refractivity contribution >= 4 is 34.5 Å². The monoisotopic (exact) mass is 405 g/mol. The van der Waals surface area contributed by atoms with Gasteiger partial charge in [-0.1, -0.05) is 19.8 Å². The first kappa shape index (κ1) is 16.2. The van der Waals surface area contributed by atoms with Crippen LogP contribution in [0.25, 0.3) is 0 Å². The minimum Gasteiger partial charge on any atom is -0.480 e. The Kier molecular flexibility index (Phi) is 4.85. The third kappa shape index (κ3) is 3.53. The Morgan fingerprint density at radius 1 is 1.48 bits per heavy atom. The zero-order valence-corrected chi connectivity index (χ0v) is 13.8. The molecule has 1 fully saturated rings. The van der Waals surface area contributed by atoms with E-state index in [1.54, 1.807) is 0 Å². The molecule has 2 unspecified atom stereocenters. The van der Waals surface area contributed by atoms with Gasteiger partial charge in [0.05, 0.1) is 5.56 Å². The zero-order valence-electron chi connectivity index (χ0n) is 11.7. The highest BCUT2D eigenvalue weighted by atomic mass is 127. The van der Waals surface area contributed by atoms with Gasteiger partial charge in [0, 0.05) is 3.57 Å². The lowest BCUT2D eigenvalue weighted by Gasteiger charge is -2.37. The molecule has 1 aliphatic carbocycles. The summed E-state index contributed by atoms with van der Waals surface area (Å²) in [6, 6.07) is 3.84. The molecule has 2 atom stereocenters. The Balaban J connectivity index is 2.24. The summed E-state index contributed by atoms with van der Waals surface area (Å²) in [6.07, 6.45) is 2.59. The van der Waals surface area contributed by atoms with Crippen LogP contribution in [0, 0.1) is 15.3 Å². The highest BCUT2D eigenvalue weighted by molar-refractivity contribution is 14.1. The molecule has 1 aromatic carbocycles. The SMILES string of the molecule is CC1CCCC(NC(=O)c2ccc(F)cc2I)(C(=O)O)C1. The van der Waals surface area contributed by atoms with Gasteiger partial charge in [0.1, 0.15) is 11.4 Å². The van der Waals surface area contributed by atoms with Crippen molar-refractivity contribution in [3.8, 4) is 0 Å². The van der Waals surface area contributed by atoms with Crippen molar-refractivity contribution in [2.24, 2.45) is 5.92 Å². The fourth-order valence-corrected chi connectivity index (χ4v) is 3.59. The first-order valence-electron chi connectivity index (χ1n) is 6.85. The van der Waals surface area contributed by atoms with Crippen molar-refractivity contribution in [1.82, 2.24) is 5.32 Å². The number of hydrogen-bond donors (Lipinski definition) is 2. The lowest BCUT2D eigenvalue weighted by atomic mass is 9.76. The maximum absolute atomic E-state index is 13.1. The summed E-state index contributed by atoms with van der Waals surface area (Å²) in [5, 5.41) is 12.2. The maximum Gasteiger partial charge on any atom is 0.329 e. The summed E-state index contributed by atoms with van der Waals surface area (Å²) in [7, 11) is 0. The molecule has 0 heterocycles. The van der Waals surface area contributed by atoms with Gasteiger partial charge in [-0.25, -0.2) is 9.18 Å². The van der Waals surface area contributed by atoms with Gasteiger partial charge < -0.3 is 10.4 Å². The van der Waals surface area contributed by atoms with E-state index in [2.05, 4.69) is 5.32 Å². The van der Waals surface area contributed by atoms with Crippen LogP contribution in [0.4, 0.5) is 4.39 Å². The third-order valence-corrected chi connectivity index (χ3v) is 4.83. The molecule has 21 heavy (non-hydrogen) atoms. The van der Waals surface area contributed by atoms with E-state index in [1.165, 1.54) is 18.2 Å². The van der Waals surface area contributed by atoms with Gasteiger partial charge in [-0.05, 0) is 59.5 Å². The number of hydrogen-bond acceptors (Lipinski definition) is 2. The summed E-state index contributed by atoms with van der Waals surface area (Å²) in [5.74, 6) is -1.63. The number of carboxylic acids is 1. The average Bonchev–Trinajstić information content (AvgIpc) is 2.38. The van der Waals surface area contributed by atoms with E-state index >= 15 is 0 Å². The number of carbonyl (C=O) groups excluding carboxylic acids is 1. The van der Waals surface area contributed by atoms with E-state index in [0.717, 1.165) is 12.8 Å². The summed E-state index contributed by atoms with van der Waals surface area (Å²) >= 11 is 1.87. The predicted molar refractivity (Wildman–Crippen MR) is 84.6 cm³/mol. The number of nitrogens with one attached hydrogen (secondary N) is 1. The van der Waals surface area contributed by atoms with E-state index in [9.17, 15) is 19.1 Å². The average molecular weight is 405 g/mol. The molecule has 0 spiro atoms. The number of benzene rings is 1. The minimum absolute atomic E-state index is 0.252. The van der Waals surface area contributed by atoms with Crippen LogP contribution in [0.2, 0.25) is 0 Å². The van der Waals surface area contributed by atoms with Crippen molar-refractivity contribution in [3.63, 3.8) is 0 Å². The Morgan fingerprint density at radius 3 is 2.76 bits per heavy atom. The van der Waals surface area contributed by atoms with Crippen molar-refractivity contribution in [2.45, 2.75) is 38.1 Å². The summed E-state index contributed by atoms with van der Waals surface area (Å²) in [4.78, 5) is 24.0. The van der Waals surface area contributed by atoms with E-state index in [4.69, 9.17) is 0 Å². The lowest BCUT2D eigenvalue weighted by molar-refractivity contribution is -0.146. The Bertz CT molecular complexity index is 578. The fourth-order valence-electron chi connectivity index (χ4n) is 2.87. The molecule has 0 radical (unpaired) electrons. The Hall–Kier alpha value is -1.18. The first-order valence-corrected chi connectivity index (χ1v) is 7.93. The number of carbonyl (C=O) groups is 2. The molecule has 2 rings (SSSR count). The highest BCUT2D eigenvalue weighted by Crippen LogP contribution is 2.33. The second kappa shape index (κ2) is 6.29. The number of carboxylic acid groups (broad SMARTS) is 1. The van der Waals surface area contributed by atoms with Gasteiger partial charge in [0.25, 0.3) is 5.91 Å². The predicted octanol–water partition coefficient (Wildman–Crippen LogP) is 3.19. The maximum atomic E-state index is 13.1. The summed E-state index contributed by atoms with van der Waals surface area (Å²) in [5.41, 5.74) is -0.914. The molecule has 6 heteroatoms. The van der Waals surface area contributed by atoms with Gasteiger partial charge in [-0.3, -0.25) is 4.79 Å². The van der Waals surface area contributed by atoms with Crippen LogP contribution < -0.4 is 5.32 Å². The van der Waals surface area contributed by atoms with Crippen LogP contribution in [0.5, 0.6) is 0 Å². The molecule has 1 aliphatic rings. The van der Waals surface area contributed by atoms with Crippen molar-refractivity contribution in [3.05, 3.63) is 33.1 Å². The third-order valence-electron chi connectivity index (χ3n) is 3.94. The van der Waals surface area contributed by atoms with Crippen LogP contribution in [0.1, 0.15) is 43.0 Å². The molecule has 1 aromatic rings. The molecule has 0 aliphatic heterocycles. The quantitative estimate of drug-likeness (QED) is 0.760. The van der Waals surface area contributed by atoms with E-state index in [-0.39, 0.29) is 5.92 Å². The van der Waals surface area contributed by atoms with Gasteiger partial charge in [-0.2, -0.15) is 0 Å². The molecular formula is C15H17FINO3. The fraction of sp³-hybridized carbons (Fsp3) is 0.467. The smallest absolute Gasteiger partial charge is 0.329 e. The summed E-state index contributed by atoms with van der Waals surface area (Å²) in [6.45, 7) is 1.99. The minimum atomic E-state index is -1.22. The van der Waals surface area contributed by atoms with E-state index in [0.29, 0.717) is 22.0 Å². The largest absolute Gasteiger partial charge is 0.480 e. The van der Waals surface area contributed by atoms with Crippen molar-refractivity contribution < 1.29 is 19.1 Å². The molecule has 0 aromatic heterocycles. The van der Waals surface area contributed by atoms with Gasteiger partial charge in [0.2, 0.25) is 0 Å². The zero-order chi connectivity index (χ0) is 15.6. The number of halogens is 2. The second-order valence-electron chi connectivity index (χ2n) is 5.67. The molecule has 4 nitrogen and oxygen atoms in total. The molecule has 1 saturated carbocycles. The molecule has 114 valence electrons. The van der Waals surface area contributed by atoms with Gasteiger partial charge in [0.15, 0.2) is 0 Å². The van der Waals surface area contributed by atoms with Gasteiger partial charge in [-0.15, -0.1) is 0 Å². The van der Waals surface area contributed by atoms with Crippen LogP contribution >= 0.6 is 22.6 Å². The van der Waals surface area contributed by atoms with Crippen molar-refractivity contribution in [2.75, 3.05) is 0 Å². The molecular weight excluding hydrogens is 388 g/mol. The van der Waals surface area contributed by atoms with Crippen LogP contribution in [-0.2, 0) is 4.79 Å². The molecule has 0 bridgehead atoms. The number of amides is 1. The van der Waals surface area contributed by atoms with E-state index in [1.807, 2.05) is 29.5 Å². The number of aliphatic carboxylic acids is 1. The van der Waals surface area contributed by atoms with E-state index < -0.39 is 23.2 Å². The lowest BCUT2D eigenvalue weighted by Crippen LogP contribution is -2.56. The van der Waals surface area contributed by atoms with Gasteiger partial charge >= 0.3 is 5.97 Å². The summed E-state index contributed by atoms with van der Waals surface area (Å²) < 4.78 is 13.6. The molecule has 1 amide bonds. The standard InChI is InChI=1S/C15H17FINO3/c1-9-3-2-6-15(8-9,14(20)21)18-13(19)11-5-4-10(16)7-12(11)17/h4-5,7,9H,2-3,6,8H2,1H3,(H,18,19)(H,20,21). The molecule has 0 saturated heterocycles. The van der Waals surface area contributed by atoms with Crippen LogP contribution in [0.3, 0.4) is 0 Å². The first-order chi connectivity index (χ1) is 9.84. The van der Waals surface area contributed by atoms with Crippen LogP contribution in [-0.4, -0.2) is 22.5 Å². The Morgan fingerprint density at radius 2 is 2.19 bits per heavy atom. The van der Waals surface area contributed by atoms with Crippen LogP contribution in [0.15, 0.2) is 18.2 Å². The normalized spacial score (nSPS) is 25.4. The number of rotatable bonds is 3. The second-order valence-corrected chi connectivity index (χ2v) is 6.83. The van der Waals surface area contributed by atoms with Crippen molar-refractivity contribution in [1.29, 1.82) is 0 Å². The Labute approximate surface area is 136 Å².